The predicted molar refractivity (Wildman–Crippen MR) is 91.6 cm³/mol. The van der Waals surface area contributed by atoms with Gasteiger partial charge in [-0.2, -0.15) is 0 Å². The van der Waals surface area contributed by atoms with Crippen LogP contribution in [-0.4, -0.2) is 48.0 Å². The summed E-state index contributed by atoms with van der Waals surface area (Å²) >= 11 is 3.33. The van der Waals surface area contributed by atoms with Crippen molar-refractivity contribution < 1.29 is 14.4 Å². The van der Waals surface area contributed by atoms with Crippen molar-refractivity contribution >= 4 is 33.5 Å². The first-order valence-electron chi connectivity index (χ1n) is 7.50. The summed E-state index contributed by atoms with van der Waals surface area (Å²) in [5.41, 5.74) is 6.31. The molecule has 0 atom stereocenters. The second-order valence-corrected chi connectivity index (χ2v) is 7.50. The van der Waals surface area contributed by atoms with Crippen LogP contribution in [0.1, 0.15) is 31.1 Å². The molecule has 0 bridgehead atoms. The van der Waals surface area contributed by atoms with Crippen molar-refractivity contribution in [2.75, 3.05) is 31.9 Å². The van der Waals surface area contributed by atoms with Crippen LogP contribution in [-0.2, 0) is 9.63 Å². The molecule has 1 aromatic rings. The van der Waals surface area contributed by atoms with E-state index < -0.39 is 5.41 Å². The Bertz CT molecular complexity index is 605. The SMILES string of the molecule is CC(C)(C)C(=O)ON1CCN(C(=O)c2ccc(Br)cc2N)CC1. The van der Waals surface area contributed by atoms with Crippen molar-refractivity contribution in [1.82, 2.24) is 9.96 Å². The fourth-order valence-corrected chi connectivity index (χ4v) is 2.51. The Balaban J connectivity index is 1.94. The smallest absolute Gasteiger partial charge is 0.330 e. The molecule has 1 aromatic carbocycles. The van der Waals surface area contributed by atoms with Crippen LogP contribution in [0.5, 0.6) is 0 Å². The molecule has 1 heterocycles. The molecule has 126 valence electrons. The van der Waals surface area contributed by atoms with Gasteiger partial charge in [-0.3, -0.25) is 4.79 Å². The van der Waals surface area contributed by atoms with Crippen LogP contribution in [0.2, 0.25) is 0 Å². The van der Waals surface area contributed by atoms with Crippen LogP contribution in [0.4, 0.5) is 5.69 Å². The van der Waals surface area contributed by atoms with Gasteiger partial charge in [-0.25, -0.2) is 4.79 Å². The van der Waals surface area contributed by atoms with Crippen molar-refractivity contribution in [3.8, 4) is 0 Å². The lowest BCUT2D eigenvalue weighted by molar-refractivity contribution is -0.205. The Morgan fingerprint density at radius 1 is 1.17 bits per heavy atom. The molecule has 0 radical (unpaired) electrons. The molecular weight excluding hydrogens is 362 g/mol. The zero-order valence-corrected chi connectivity index (χ0v) is 15.2. The van der Waals surface area contributed by atoms with Gasteiger partial charge in [0, 0.05) is 23.2 Å². The Morgan fingerprint density at radius 2 is 1.78 bits per heavy atom. The average molecular weight is 384 g/mol. The number of amides is 1. The Labute approximate surface area is 144 Å². The molecule has 0 unspecified atom stereocenters. The number of carbonyl (C=O) groups is 2. The van der Waals surface area contributed by atoms with Gasteiger partial charge in [-0.05, 0) is 39.0 Å². The van der Waals surface area contributed by atoms with Gasteiger partial charge in [0.2, 0.25) is 0 Å². The second kappa shape index (κ2) is 6.88. The normalized spacial score (nSPS) is 16.3. The first kappa shape index (κ1) is 17.7. The zero-order chi connectivity index (χ0) is 17.2. The number of anilines is 1. The summed E-state index contributed by atoms with van der Waals surface area (Å²) in [5, 5.41) is 1.61. The number of halogens is 1. The number of benzene rings is 1. The number of carbonyl (C=O) groups excluding carboxylic acids is 2. The third kappa shape index (κ3) is 4.45. The van der Waals surface area contributed by atoms with Gasteiger partial charge in [0.1, 0.15) is 0 Å². The van der Waals surface area contributed by atoms with E-state index >= 15 is 0 Å². The van der Waals surface area contributed by atoms with Gasteiger partial charge in [0.15, 0.2) is 0 Å². The van der Waals surface area contributed by atoms with E-state index in [-0.39, 0.29) is 11.9 Å². The van der Waals surface area contributed by atoms with Crippen molar-refractivity contribution in [3.05, 3.63) is 28.2 Å². The predicted octanol–water partition coefficient (Wildman–Crippen LogP) is 2.29. The molecule has 0 spiro atoms. The van der Waals surface area contributed by atoms with Gasteiger partial charge in [-0.15, -0.1) is 5.06 Å². The summed E-state index contributed by atoms with van der Waals surface area (Å²) < 4.78 is 0.838. The van der Waals surface area contributed by atoms with Gasteiger partial charge in [-0.1, -0.05) is 15.9 Å². The average Bonchev–Trinajstić information content (AvgIpc) is 2.46. The lowest BCUT2D eigenvalue weighted by Gasteiger charge is -2.34. The van der Waals surface area contributed by atoms with E-state index in [1.807, 2.05) is 20.8 Å². The van der Waals surface area contributed by atoms with E-state index in [1.165, 1.54) is 0 Å². The maximum absolute atomic E-state index is 12.5. The van der Waals surface area contributed by atoms with Crippen LogP contribution in [0, 0.1) is 5.41 Å². The highest BCUT2D eigenvalue weighted by Gasteiger charge is 2.29. The number of hydroxylamine groups is 2. The molecule has 2 N–H and O–H groups in total. The highest BCUT2D eigenvalue weighted by atomic mass is 79.9. The molecule has 1 saturated heterocycles. The summed E-state index contributed by atoms with van der Waals surface area (Å²) in [6.07, 6.45) is 0. The van der Waals surface area contributed by atoms with Gasteiger partial charge in [0.05, 0.1) is 24.1 Å². The van der Waals surface area contributed by atoms with E-state index in [0.29, 0.717) is 37.4 Å². The summed E-state index contributed by atoms with van der Waals surface area (Å²) in [5.74, 6) is -0.369. The Kier molecular flexibility index (Phi) is 5.31. The van der Waals surface area contributed by atoms with Crippen LogP contribution in [0.3, 0.4) is 0 Å². The maximum Gasteiger partial charge on any atom is 0.330 e. The minimum Gasteiger partial charge on any atom is -0.398 e. The molecule has 0 saturated carbocycles. The molecule has 1 aliphatic heterocycles. The lowest BCUT2D eigenvalue weighted by Crippen LogP contribution is -2.50. The van der Waals surface area contributed by atoms with E-state index in [9.17, 15) is 9.59 Å². The van der Waals surface area contributed by atoms with Crippen LogP contribution < -0.4 is 5.73 Å². The number of nitrogen functional groups attached to an aromatic ring is 1. The van der Waals surface area contributed by atoms with Crippen molar-refractivity contribution in [3.63, 3.8) is 0 Å². The maximum atomic E-state index is 12.5. The molecule has 1 aliphatic rings. The lowest BCUT2D eigenvalue weighted by atomic mass is 9.98. The van der Waals surface area contributed by atoms with E-state index in [0.717, 1.165) is 4.47 Å². The van der Waals surface area contributed by atoms with Crippen LogP contribution >= 0.6 is 15.9 Å². The fourth-order valence-electron chi connectivity index (χ4n) is 2.14. The topological polar surface area (TPSA) is 75.9 Å². The van der Waals surface area contributed by atoms with Crippen LogP contribution in [0.25, 0.3) is 0 Å². The molecule has 7 heteroatoms. The standard InChI is InChI=1S/C16H22BrN3O3/c1-16(2,3)15(22)23-20-8-6-19(7-9-20)14(21)12-5-4-11(17)10-13(12)18/h4-5,10H,6-9,18H2,1-3H3. The summed E-state index contributed by atoms with van der Waals surface area (Å²) in [6, 6.07) is 5.23. The fraction of sp³-hybridized carbons (Fsp3) is 0.500. The van der Waals surface area contributed by atoms with Gasteiger partial charge in [0.25, 0.3) is 5.91 Å². The molecular formula is C16H22BrN3O3. The second-order valence-electron chi connectivity index (χ2n) is 6.58. The molecule has 0 aliphatic carbocycles. The minimum absolute atomic E-state index is 0.100. The molecule has 6 nitrogen and oxygen atoms in total. The summed E-state index contributed by atoms with van der Waals surface area (Å²) in [6.45, 7) is 7.40. The number of hydrogen-bond acceptors (Lipinski definition) is 5. The summed E-state index contributed by atoms with van der Waals surface area (Å²) in [7, 11) is 0. The summed E-state index contributed by atoms with van der Waals surface area (Å²) in [4.78, 5) is 31.5. The highest BCUT2D eigenvalue weighted by Crippen LogP contribution is 2.21. The third-order valence-electron chi connectivity index (χ3n) is 3.59. The molecule has 1 fully saturated rings. The highest BCUT2D eigenvalue weighted by molar-refractivity contribution is 9.10. The largest absolute Gasteiger partial charge is 0.398 e. The molecule has 1 amide bonds. The van der Waals surface area contributed by atoms with Gasteiger partial charge >= 0.3 is 5.97 Å². The number of hydrogen-bond donors (Lipinski definition) is 1. The zero-order valence-electron chi connectivity index (χ0n) is 13.6. The van der Waals surface area contributed by atoms with E-state index in [1.54, 1.807) is 28.2 Å². The number of piperazine rings is 1. The molecule has 0 aromatic heterocycles. The first-order chi connectivity index (χ1) is 10.7. The van der Waals surface area contributed by atoms with Gasteiger partial charge < -0.3 is 15.5 Å². The number of nitrogens with zero attached hydrogens (tertiary/aromatic N) is 2. The van der Waals surface area contributed by atoms with Crippen molar-refractivity contribution in [1.29, 1.82) is 0 Å². The van der Waals surface area contributed by atoms with Crippen molar-refractivity contribution in [2.45, 2.75) is 20.8 Å². The van der Waals surface area contributed by atoms with E-state index in [4.69, 9.17) is 10.6 Å². The number of nitrogens with two attached hydrogens (primary N) is 1. The Morgan fingerprint density at radius 3 is 2.30 bits per heavy atom. The van der Waals surface area contributed by atoms with E-state index in [2.05, 4.69) is 15.9 Å². The van der Waals surface area contributed by atoms with Crippen molar-refractivity contribution in [2.24, 2.45) is 5.41 Å². The quantitative estimate of drug-likeness (QED) is 0.792. The minimum atomic E-state index is -0.543. The Hall–Kier alpha value is -1.60. The van der Waals surface area contributed by atoms with Crippen LogP contribution in [0.15, 0.2) is 22.7 Å². The molecule has 23 heavy (non-hydrogen) atoms. The first-order valence-corrected chi connectivity index (χ1v) is 8.29. The number of rotatable bonds is 2. The third-order valence-corrected chi connectivity index (χ3v) is 4.09. The monoisotopic (exact) mass is 383 g/mol. The molecule has 2 rings (SSSR count).